The summed E-state index contributed by atoms with van der Waals surface area (Å²) in [6.07, 6.45) is 6.82. The van der Waals surface area contributed by atoms with Gasteiger partial charge in [-0.2, -0.15) is 0 Å². The van der Waals surface area contributed by atoms with E-state index in [1.807, 2.05) is 19.3 Å². The molecule has 0 spiro atoms. The zero-order valence-corrected chi connectivity index (χ0v) is 10.6. The average Bonchev–Trinajstić information content (AvgIpc) is 3.04. The van der Waals surface area contributed by atoms with E-state index in [0.717, 1.165) is 43.9 Å². The van der Waals surface area contributed by atoms with E-state index in [1.165, 1.54) is 0 Å². The van der Waals surface area contributed by atoms with Crippen LogP contribution in [0.1, 0.15) is 24.8 Å². The number of rotatable bonds is 3. The fraction of sp³-hybridized carbons (Fsp3) is 0.615. The zero-order valence-electron chi connectivity index (χ0n) is 10.6. The molecule has 96 valence electrons. The zero-order chi connectivity index (χ0) is 12.5. The predicted octanol–water partition coefficient (Wildman–Crippen LogP) is 0.890. The van der Waals surface area contributed by atoms with Crippen LogP contribution < -0.4 is 10.2 Å². The van der Waals surface area contributed by atoms with Crippen LogP contribution >= 0.6 is 0 Å². The van der Waals surface area contributed by atoms with Crippen molar-refractivity contribution in [3.05, 3.63) is 18.0 Å². The number of amides is 1. The van der Waals surface area contributed by atoms with Crippen molar-refractivity contribution in [1.29, 1.82) is 0 Å². The van der Waals surface area contributed by atoms with Crippen molar-refractivity contribution in [2.45, 2.75) is 32.2 Å². The van der Waals surface area contributed by atoms with Gasteiger partial charge in [0.2, 0.25) is 11.9 Å². The number of nitrogens with zero attached hydrogens (tertiary/aromatic N) is 3. The Morgan fingerprint density at radius 2 is 2.06 bits per heavy atom. The normalized spacial score (nSPS) is 23.2. The molecule has 1 atom stereocenters. The molecular weight excluding hydrogens is 228 g/mol. The topological polar surface area (TPSA) is 58.1 Å². The summed E-state index contributed by atoms with van der Waals surface area (Å²) in [5.41, 5.74) is 1.06. The van der Waals surface area contributed by atoms with Gasteiger partial charge in [0.1, 0.15) is 0 Å². The van der Waals surface area contributed by atoms with E-state index in [4.69, 9.17) is 0 Å². The van der Waals surface area contributed by atoms with Gasteiger partial charge in [-0.25, -0.2) is 9.97 Å². The van der Waals surface area contributed by atoms with E-state index in [-0.39, 0.29) is 11.8 Å². The molecule has 2 fully saturated rings. The second-order valence-corrected chi connectivity index (χ2v) is 5.27. The molecule has 3 rings (SSSR count). The number of hydrogen-bond donors (Lipinski definition) is 1. The number of carbonyl (C=O) groups excluding carboxylic acids is 1. The molecule has 1 aromatic heterocycles. The minimum atomic E-state index is 0.0931. The molecule has 1 unspecified atom stereocenters. The first-order valence-corrected chi connectivity index (χ1v) is 6.56. The average molecular weight is 246 g/mol. The minimum absolute atomic E-state index is 0.0931. The summed E-state index contributed by atoms with van der Waals surface area (Å²) in [5.74, 6) is 1.03. The molecule has 2 heterocycles. The van der Waals surface area contributed by atoms with E-state index in [0.29, 0.717) is 6.04 Å². The first-order valence-electron chi connectivity index (χ1n) is 6.56. The van der Waals surface area contributed by atoms with Gasteiger partial charge in [-0.1, -0.05) is 0 Å². The van der Waals surface area contributed by atoms with Crippen LogP contribution in [0.5, 0.6) is 0 Å². The maximum absolute atomic E-state index is 11.9. The van der Waals surface area contributed by atoms with Crippen LogP contribution in [0, 0.1) is 12.8 Å². The molecule has 5 nitrogen and oxygen atoms in total. The molecule has 1 aromatic rings. The molecule has 1 aliphatic heterocycles. The summed E-state index contributed by atoms with van der Waals surface area (Å²) < 4.78 is 0. The summed E-state index contributed by atoms with van der Waals surface area (Å²) in [6.45, 7) is 3.58. The van der Waals surface area contributed by atoms with Crippen molar-refractivity contribution in [1.82, 2.24) is 15.3 Å². The molecular formula is C13H18N4O. The number of anilines is 1. The second kappa shape index (κ2) is 4.55. The van der Waals surface area contributed by atoms with Crippen LogP contribution in [0.4, 0.5) is 5.95 Å². The molecule has 1 N–H and O–H groups in total. The molecule has 0 radical (unpaired) electrons. The lowest BCUT2D eigenvalue weighted by molar-refractivity contribution is -0.124. The Labute approximate surface area is 107 Å². The van der Waals surface area contributed by atoms with Crippen molar-refractivity contribution in [2.24, 2.45) is 5.92 Å². The highest BCUT2D eigenvalue weighted by molar-refractivity contribution is 5.80. The van der Waals surface area contributed by atoms with Crippen LogP contribution in [-0.2, 0) is 4.79 Å². The quantitative estimate of drug-likeness (QED) is 0.860. The van der Waals surface area contributed by atoms with Gasteiger partial charge in [0.25, 0.3) is 0 Å². The van der Waals surface area contributed by atoms with Gasteiger partial charge < -0.3 is 10.2 Å². The highest BCUT2D eigenvalue weighted by Crippen LogP contribution is 2.23. The monoisotopic (exact) mass is 246 g/mol. The Morgan fingerprint density at radius 3 is 2.72 bits per heavy atom. The van der Waals surface area contributed by atoms with E-state index in [9.17, 15) is 4.79 Å². The van der Waals surface area contributed by atoms with Gasteiger partial charge >= 0.3 is 0 Å². The SMILES string of the molecule is Cc1cnc(N2CCC(C(=O)NC3CC3)C2)nc1. The summed E-state index contributed by atoms with van der Waals surface area (Å²) >= 11 is 0. The first-order chi connectivity index (χ1) is 8.72. The Balaban J connectivity index is 1.60. The lowest BCUT2D eigenvalue weighted by Crippen LogP contribution is -2.34. The third-order valence-electron chi connectivity index (χ3n) is 3.53. The van der Waals surface area contributed by atoms with Gasteiger partial charge in [0, 0.05) is 31.5 Å². The third-order valence-corrected chi connectivity index (χ3v) is 3.53. The van der Waals surface area contributed by atoms with Gasteiger partial charge in [-0.05, 0) is 31.7 Å². The Kier molecular flexibility index (Phi) is 2.89. The number of nitrogens with one attached hydrogen (secondary N) is 1. The van der Waals surface area contributed by atoms with Gasteiger partial charge in [0.05, 0.1) is 5.92 Å². The van der Waals surface area contributed by atoms with Crippen LogP contribution in [0.15, 0.2) is 12.4 Å². The Morgan fingerprint density at radius 1 is 1.33 bits per heavy atom. The maximum atomic E-state index is 11.9. The fourth-order valence-corrected chi connectivity index (χ4v) is 2.25. The summed E-state index contributed by atoms with van der Waals surface area (Å²) in [6, 6.07) is 0.446. The number of hydrogen-bond acceptors (Lipinski definition) is 4. The lowest BCUT2D eigenvalue weighted by atomic mass is 10.1. The highest BCUT2D eigenvalue weighted by atomic mass is 16.2. The number of aryl methyl sites for hydroxylation is 1. The van der Waals surface area contributed by atoms with Crippen LogP contribution in [-0.4, -0.2) is 35.0 Å². The molecule has 1 saturated carbocycles. The smallest absolute Gasteiger partial charge is 0.225 e. The van der Waals surface area contributed by atoms with Crippen LogP contribution in [0.2, 0.25) is 0 Å². The van der Waals surface area contributed by atoms with Crippen molar-refractivity contribution >= 4 is 11.9 Å². The van der Waals surface area contributed by atoms with Crippen LogP contribution in [0.25, 0.3) is 0 Å². The van der Waals surface area contributed by atoms with E-state index in [2.05, 4.69) is 20.2 Å². The van der Waals surface area contributed by atoms with Crippen molar-refractivity contribution in [3.63, 3.8) is 0 Å². The van der Waals surface area contributed by atoms with E-state index >= 15 is 0 Å². The number of carbonyl (C=O) groups is 1. The summed E-state index contributed by atoms with van der Waals surface area (Å²) in [5, 5.41) is 3.07. The third kappa shape index (κ3) is 2.44. The van der Waals surface area contributed by atoms with Crippen LogP contribution in [0.3, 0.4) is 0 Å². The van der Waals surface area contributed by atoms with Gasteiger partial charge in [0.15, 0.2) is 0 Å². The van der Waals surface area contributed by atoms with Gasteiger partial charge in [-0.15, -0.1) is 0 Å². The summed E-state index contributed by atoms with van der Waals surface area (Å²) in [4.78, 5) is 22.7. The molecule has 0 bridgehead atoms. The lowest BCUT2D eigenvalue weighted by Gasteiger charge is -2.16. The fourth-order valence-electron chi connectivity index (χ4n) is 2.25. The largest absolute Gasteiger partial charge is 0.353 e. The van der Waals surface area contributed by atoms with Crippen molar-refractivity contribution < 1.29 is 4.79 Å². The second-order valence-electron chi connectivity index (χ2n) is 5.27. The standard InChI is InChI=1S/C13H18N4O/c1-9-6-14-13(15-7-9)17-5-4-10(8-17)12(18)16-11-2-3-11/h6-7,10-11H,2-5,8H2,1H3,(H,16,18). The molecule has 5 heteroatoms. The Hall–Kier alpha value is -1.65. The van der Waals surface area contributed by atoms with Crippen molar-refractivity contribution in [2.75, 3.05) is 18.0 Å². The van der Waals surface area contributed by atoms with E-state index < -0.39 is 0 Å². The highest BCUT2D eigenvalue weighted by Gasteiger charge is 2.32. The molecule has 0 aromatic carbocycles. The molecule has 1 aliphatic carbocycles. The predicted molar refractivity (Wildman–Crippen MR) is 68.3 cm³/mol. The number of aromatic nitrogens is 2. The van der Waals surface area contributed by atoms with E-state index in [1.54, 1.807) is 0 Å². The summed E-state index contributed by atoms with van der Waals surface area (Å²) in [7, 11) is 0. The molecule has 2 aliphatic rings. The van der Waals surface area contributed by atoms with Gasteiger partial charge in [-0.3, -0.25) is 4.79 Å². The Bertz CT molecular complexity index is 441. The molecule has 1 amide bonds. The molecule has 1 saturated heterocycles. The van der Waals surface area contributed by atoms with Crippen molar-refractivity contribution in [3.8, 4) is 0 Å². The minimum Gasteiger partial charge on any atom is -0.353 e. The maximum Gasteiger partial charge on any atom is 0.225 e. The molecule has 18 heavy (non-hydrogen) atoms. The first kappa shape index (κ1) is 11.4.